The molecule has 0 atom stereocenters. The number of carbonyl (C=O) groups excluding carboxylic acids is 2. The van der Waals surface area contributed by atoms with Gasteiger partial charge in [0.2, 0.25) is 5.91 Å². The SMILES string of the molecule is CCOC(=O)c1cc(N(C)CC(=O)NC)ccc1N. The minimum Gasteiger partial charge on any atom is -0.462 e. The zero-order valence-corrected chi connectivity index (χ0v) is 11.4. The summed E-state index contributed by atoms with van der Waals surface area (Å²) in [6, 6.07) is 5.00. The normalized spacial score (nSPS) is 9.84. The Kier molecular flexibility index (Phi) is 5.17. The summed E-state index contributed by atoms with van der Waals surface area (Å²) in [4.78, 5) is 24.8. The van der Waals surface area contributed by atoms with Crippen LogP contribution >= 0.6 is 0 Å². The maximum Gasteiger partial charge on any atom is 0.340 e. The summed E-state index contributed by atoms with van der Waals surface area (Å²) in [5.41, 5.74) is 7.14. The van der Waals surface area contributed by atoms with Crippen molar-refractivity contribution in [1.29, 1.82) is 0 Å². The molecule has 1 amide bonds. The van der Waals surface area contributed by atoms with Crippen molar-refractivity contribution in [2.75, 3.05) is 37.9 Å². The number of hydrogen-bond acceptors (Lipinski definition) is 5. The van der Waals surface area contributed by atoms with Gasteiger partial charge < -0.3 is 20.7 Å². The van der Waals surface area contributed by atoms with Crippen LogP contribution in [0.25, 0.3) is 0 Å². The van der Waals surface area contributed by atoms with E-state index in [0.29, 0.717) is 11.3 Å². The number of nitrogens with one attached hydrogen (secondary N) is 1. The van der Waals surface area contributed by atoms with E-state index >= 15 is 0 Å². The second-order valence-electron chi connectivity index (χ2n) is 4.02. The predicted molar refractivity (Wildman–Crippen MR) is 74.1 cm³/mol. The lowest BCUT2D eigenvalue weighted by atomic mass is 10.1. The first-order chi connectivity index (χ1) is 8.99. The molecule has 0 aliphatic carbocycles. The molecule has 6 heteroatoms. The van der Waals surface area contributed by atoms with Gasteiger partial charge in [-0.1, -0.05) is 0 Å². The molecule has 0 saturated carbocycles. The molecule has 19 heavy (non-hydrogen) atoms. The minimum absolute atomic E-state index is 0.114. The molecular formula is C13H19N3O3. The molecule has 1 rings (SSSR count). The molecule has 6 nitrogen and oxygen atoms in total. The average molecular weight is 265 g/mol. The van der Waals surface area contributed by atoms with Gasteiger partial charge in [-0.3, -0.25) is 4.79 Å². The van der Waals surface area contributed by atoms with Gasteiger partial charge in [-0.25, -0.2) is 4.79 Å². The Bertz CT molecular complexity index is 474. The molecule has 0 fully saturated rings. The number of carbonyl (C=O) groups is 2. The first kappa shape index (κ1) is 14.8. The van der Waals surface area contributed by atoms with Gasteiger partial charge in [0.05, 0.1) is 18.7 Å². The Morgan fingerprint density at radius 2 is 2.11 bits per heavy atom. The molecule has 0 bridgehead atoms. The number of ether oxygens (including phenoxy) is 1. The van der Waals surface area contributed by atoms with Crippen LogP contribution in [0.5, 0.6) is 0 Å². The number of benzene rings is 1. The molecule has 0 unspecified atom stereocenters. The van der Waals surface area contributed by atoms with Crippen molar-refractivity contribution < 1.29 is 14.3 Å². The zero-order valence-electron chi connectivity index (χ0n) is 11.4. The lowest BCUT2D eigenvalue weighted by molar-refractivity contribution is -0.119. The van der Waals surface area contributed by atoms with Crippen LogP contribution in [0.2, 0.25) is 0 Å². The van der Waals surface area contributed by atoms with Gasteiger partial charge in [-0.2, -0.15) is 0 Å². The topological polar surface area (TPSA) is 84.7 Å². The molecule has 0 aliphatic rings. The van der Waals surface area contributed by atoms with Crippen molar-refractivity contribution in [2.45, 2.75) is 6.92 Å². The second kappa shape index (κ2) is 6.63. The minimum atomic E-state index is -0.463. The number of anilines is 2. The van der Waals surface area contributed by atoms with Crippen molar-refractivity contribution in [1.82, 2.24) is 5.32 Å². The lowest BCUT2D eigenvalue weighted by Crippen LogP contribution is -2.33. The molecule has 104 valence electrons. The molecule has 0 heterocycles. The Hall–Kier alpha value is -2.24. The van der Waals surface area contributed by atoms with Crippen LogP contribution in [-0.4, -0.2) is 39.1 Å². The third-order valence-corrected chi connectivity index (χ3v) is 2.63. The van der Waals surface area contributed by atoms with Crippen molar-refractivity contribution in [3.05, 3.63) is 23.8 Å². The summed E-state index contributed by atoms with van der Waals surface area (Å²) in [7, 11) is 3.33. The molecule has 0 aliphatic heterocycles. The average Bonchev–Trinajstić information content (AvgIpc) is 2.39. The van der Waals surface area contributed by atoms with E-state index in [1.807, 2.05) is 0 Å². The van der Waals surface area contributed by atoms with Crippen LogP contribution in [-0.2, 0) is 9.53 Å². The largest absolute Gasteiger partial charge is 0.462 e. The highest BCUT2D eigenvalue weighted by atomic mass is 16.5. The fourth-order valence-electron chi connectivity index (χ4n) is 1.55. The van der Waals surface area contributed by atoms with Crippen LogP contribution in [0, 0.1) is 0 Å². The number of hydrogen-bond donors (Lipinski definition) is 2. The molecular weight excluding hydrogens is 246 g/mol. The van der Waals surface area contributed by atoms with Crippen molar-refractivity contribution in [3.63, 3.8) is 0 Å². The van der Waals surface area contributed by atoms with E-state index in [0.717, 1.165) is 5.69 Å². The summed E-state index contributed by atoms with van der Waals surface area (Å²) in [6.45, 7) is 2.22. The van der Waals surface area contributed by atoms with E-state index in [4.69, 9.17) is 10.5 Å². The van der Waals surface area contributed by atoms with Gasteiger partial charge >= 0.3 is 5.97 Å². The Morgan fingerprint density at radius 1 is 1.42 bits per heavy atom. The molecule has 0 radical (unpaired) electrons. The summed E-state index contributed by atoms with van der Waals surface area (Å²) in [5, 5.41) is 2.54. The molecule has 0 saturated heterocycles. The molecule has 0 spiro atoms. The number of nitrogen functional groups attached to an aromatic ring is 1. The van der Waals surface area contributed by atoms with Crippen LogP contribution in [0.4, 0.5) is 11.4 Å². The monoisotopic (exact) mass is 265 g/mol. The smallest absolute Gasteiger partial charge is 0.340 e. The van der Waals surface area contributed by atoms with E-state index in [1.54, 1.807) is 44.1 Å². The number of nitrogens with zero attached hydrogens (tertiary/aromatic N) is 1. The zero-order chi connectivity index (χ0) is 14.4. The van der Waals surface area contributed by atoms with Crippen LogP contribution in [0.15, 0.2) is 18.2 Å². The standard InChI is InChI=1S/C13H19N3O3/c1-4-19-13(18)10-7-9(5-6-11(10)14)16(3)8-12(17)15-2/h5-7H,4,8,14H2,1-3H3,(H,15,17). The Balaban J connectivity index is 2.95. The lowest BCUT2D eigenvalue weighted by Gasteiger charge is -2.19. The molecule has 0 aromatic heterocycles. The third kappa shape index (κ3) is 3.87. The quantitative estimate of drug-likeness (QED) is 0.602. The van der Waals surface area contributed by atoms with E-state index in [2.05, 4.69) is 5.32 Å². The van der Waals surface area contributed by atoms with E-state index in [-0.39, 0.29) is 19.1 Å². The summed E-state index contributed by atoms with van der Waals surface area (Å²) < 4.78 is 4.93. The van der Waals surface area contributed by atoms with Crippen molar-refractivity contribution in [3.8, 4) is 0 Å². The van der Waals surface area contributed by atoms with E-state index < -0.39 is 5.97 Å². The summed E-state index contributed by atoms with van der Waals surface area (Å²) >= 11 is 0. The first-order valence-electron chi connectivity index (χ1n) is 5.98. The van der Waals surface area contributed by atoms with Gasteiger partial charge in [0.25, 0.3) is 0 Å². The highest BCUT2D eigenvalue weighted by Gasteiger charge is 2.14. The number of rotatable bonds is 5. The van der Waals surface area contributed by atoms with Gasteiger partial charge in [-0.15, -0.1) is 0 Å². The highest BCUT2D eigenvalue weighted by molar-refractivity contribution is 5.96. The maximum absolute atomic E-state index is 11.7. The maximum atomic E-state index is 11.7. The number of esters is 1. The molecule has 1 aromatic rings. The Labute approximate surface area is 112 Å². The fourth-order valence-corrected chi connectivity index (χ4v) is 1.55. The summed E-state index contributed by atoms with van der Waals surface area (Å²) in [6.07, 6.45) is 0. The summed E-state index contributed by atoms with van der Waals surface area (Å²) in [5.74, 6) is -0.577. The van der Waals surface area contributed by atoms with Crippen molar-refractivity contribution >= 4 is 23.3 Å². The van der Waals surface area contributed by atoms with Gasteiger partial charge in [0.1, 0.15) is 0 Å². The van der Waals surface area contributed by atoms with Gasteiger partial charge in [0, 0.05) is 25.5 Å². The van der Waals surface area contributed by atoms with Crippen molar-refractivity contribution in [2.24, 2.45) is 0 Å². The van der Waals surface area contributed by atoms with Gasteiger partial charge in [0.15, 0.2) is 0 Å². The van der Waals surface area contributed by atoms with E-state index in [9.17, 15) is 9.59 Å². The fraction of sp³-hybridized carbons (Fsp3) is 0.385. The van der Waals surface area contributed by atoms with Crippen LogP contribution in [0.3, 0.4) is 0 Å². The second-order valence-corrected chi connectivity index (χ2v) is 4.02. The highest BCUT2D eigenvalue weighted by Crippen LogP contribution is 2.21. The van der Waals surface area contributed by atoms with E-state index in [1.165, 1.54) is 0 Å². The predicted octanol–water partition coefficient (Wildman–Crippen LogP) is 0.628. The third-order valence-electron chi connectivity index (χ3n) is 2.63. The molecule has 3 N–H and O–H groups in total. The number of amides is 1. The molecule has 1 aromatic carbocycles. The van der Waals surface area contributed by atoms with Crippen LogP contribution < -0.4 is 16.0 Å². The first-order valence-corrected chi connectivity index (χ1v) is 5.98. The number of likely N-dealkylation sites (N-methyl/N-ethyl adjacent to an activating group) is 2. The number of nitrogens with two attached hydrogens (primary N) is 1. The van der Waals surface area contributed by atoms with Gasteiger partial charge in [-0.05, 0) is 25.1 Å². The van der Waals surface area contributed by atoms with Crippen LogP contribution in [0.1, 0.15) is 17.3 Å². The Morgan fingerprint density at radius 3 is 2.68 bits per heavy atom.